The smallest absolute Gasteiger partial charge is 0.331 e. The second-order valence-electron chi connectivity index (χ2n) is 2.94. The summed E-state index contributed by atoms with van der Waals surface area (Å²) in [5.41, 5.74) is 0. The molecule has 0 heterocycles. The van der Waals surface area contributed by atoms with Crippen molar-refractivity contribution in [3.63, 3.8) is 0 Å². The predicted octanol–water partition coefficient (Wildman–Crippen LogP) is 0.398. The average Bonchev–Trinajstić information content (AvgIpc) is 2.24. The molecule has 2 N–H and O–H groups in total. The van der Waals surface area contributed by atoms with Gasteiger partial charge in [-0.3, -0.25) is 4.84 Å². The summed E-state index contributed by atoms with van der Waals surface area (Å²) >= 11 is 0. The highest BCUT2D eigenvalue weighted by Crippen LogP contribution is 2.19. The van der Waals surface area contributed by atoms with Crippen molar-refractivity contribution in [3.05, 3.63) is 29.6 Å². The summed E-state index contributed by atoms with van der Waals surface area (Å²) in [5, 5.41) is 8.17. The van der Waals surface area contributed by atoms with E-state index in [1.807, 2.05) is 0 Å². The van der Waals surface area contributed by atoms with E-state index < -0.39 is 44.9 Å². The number of hydrogen-bond donors (Lipinski definition) is 2. The Kier molecular flexibility index (Phi) is 4.27. The van der Waals surface area contributed by atoms with E-state index in [9.17, 15) is 26.4 Å². The van der Waals surface area contributed by atoms with Crippen LogP contribution in [0.2, 0.25) is 0 Å². The Labute approximate surface area is 99.0 Å². The van der Waals surface area contributed by atoms with Crippen LogP contribution in [0, 0.1) is 17.5 Å². The van der Waals surface area contributed by atoms with Crippen LogP contribution in [0.5, 0.6) is 0 Å². The Morgan fingerprint density at radius 3 is 2.44 bits per heavy atom. The molecule has 18 heavy (non-hydrogen) atoms. The van der Waals surface area contributed by atoms with Crippen LogP contribution < -0.4 is 4.89 Å². The summed E-state index contributed by atoms with van der Waals surface area (Å²) < 4.78 is 61.2. The fourth-order valence-electron chi connectivity index (χ4n) is 0.929. The molecule has 0 aromatic heterocycles. The standard InChI is InChI=1S/C8H6F3NO5S/c9-4-1-2-5(8(11)7(4)10)18(15,16)12-17-3-6(13)14/h1-2,12H,3H2,(H,13,14). The molecule has 0 aliphatic carbocycles. The van der Waals surface area contributed by atoms with E-state index in [1.165, 1.54) is 4.89 Å². The summed E-state index contributed by atoms with van der Waals surface area (Å²) in [6.45, 7) is -1.02. The summed E-state index contributed by atoms with van der Waals surface area (Å²) in [6, 6.07) is 0.879. The van der Waals surface area contributed by atoms with Gasteiger partial charge in [-0.1, -0.05) is 4.89 Å². The molecular weight excluding hydrogens is 279 g/mol. The predicted molar refractivity (Wildman–Crippen MR) is 50.2 cm³/mol. The first-order chi connectivity index (χ1) is 8.25. The number of sulfonamides is 1. The molecule has 0 bridgehead atoms. The second-order valence-corrected chi connectivity index (χ2v) is 4.56. The number of benzene rings is 1. The molecule has 100 valence electrons. The molecule has 0 unspecified atom stereocenters. The van der Waals surface area contributed by atoms with Crippen LogP contribution in [-0.4, -0.2) is 26.1 Å². The summed E-state index contributed by atoms with van der Waals surface area (Å²) in [4.78, 5) is 14.1. The van der Waals surface area contributed by atoms with E-state index in [0.29, 0.717) is 12.1 Å². The highest BCUT2D eigenvalue weighted by Gasteiger charge is 2.24. The van der Waals surface area contributed by atoms with Gasteiger partial charge in [0.25, 0.3) is 10.0 Å². The van der Waals surface area contributed by atoms with Gasteiger partial charge in [0.2, 0.25) is 0 Å². The molecule has 10 heteroatoms. The fraction of sp³-hybridized carbons (Fsp3) is 0.125. The maximum absolute atomic E-state index is 13.1. The van der Waals surface area contributed by atoms with Crippen LogP contribution in [-0.2, 0) is 19.7 Å². The summed E-state index contributed by atoms with van der Waals surface area (Å²) in [6.07, 6.45) is 0. The molecule has 6 nitrogen and oxygen atoms in total. The molecule has 0 aliphatic heterocycles. The lowest BCUT2D eigenvalue weighted by Crippen LogP contribution is -2.27. The van der Waals surface area contributed by atoms with Crippen LogP contribution >= 0.6 is 0 Å². The van der Waals surface area contributed by atoms with Gasteiger partial charge < -0.3 is 5.11 Å². The zero-order valence-corrected chi connectivity index (χ0v) is 9.30. The zero-order chi connectivity index (χ0) is 13.9. The first-order valence-corrected chi connectivity index (χ1v) is 5.73. The number of aliphatic carboxylic acids is 1. The number of rotatable bonds is 5. The maximum atomic E-state index is 13.1. The lowest BCUT2D eigenvalue weighted by atomic mass is 10.3. The van der Waals surface area contributed by atoms with Gasteiger partial charge in [0.1, 0.15) is 4.90 Å². The minimum Gasteiger partial charge on any atom is -0.479 e. The minimum atomic E-state index is -4.64. The molecule has 1 aromatic rings. The van der Waals surface area contributed by atoms with E-state index >= 15 is 0 Å². The highest BCUT2D eigenvalue weighted by molar-refractivity contribution is 7.89. The van der Waals surface area contributed by atoms with Crippen molar-refractivity contribution in [1.29, 1.82) is 0 Å². The lowest BCUT2D eigenvalue weighted by molar-refractivity contribution is -0.143. The number of halogens is 3. The Hall–Kier alpha value is -1.65. The van der Waals surface area contributed by atoms with E-state index in [1.54, 1.807) is 0 Å². The first kappa shape index (κ1) is 14.4. The third-order valence-corrected chi connectivity index (χ3v) is 2.89. The van der Waals surface area contributed by atoms with E-state index in [-0.39, 0.29) is 0 Å². The van der Waals surface area contributed by atoms with Gasteiger partial charge in [-0.15, -0.1) is 0 Å². The molecule has 0 aliphatic rings. The molecule has 0 fully saturated rings. The Balaban J connectivity index is 2.99. The largest absolute Gasteiger partial charge is 0.479 e. The van der Waals surface area contributed by atoms with Crippen LogP contribution in [0.25, 0.3) is 0 Å². The van der Waals surface area contributed by atoms with Crippen molar-refractivity contribution in [1.82, 2.24) is 4.89 Å². The Morgan fingerprint density at radius 2 is 1.89 bits per heavy atom. The van der Waals surface area contributed by atoms with Gasteiger partial charge in [0.15, 0.2) is 24.1 Å². The van der Waals surface area contributed by atoms with Gasteiger partial charge in [0.05, 0.1) is 0 Å². The molecular formula is C8H6F3NO5S. The topological polar surface area (TPSA) is 92.7 Å². The van der Waals surface area contributed by atoms with Crippen molar-refractivity contribution in [2.75, 3.05) is 6.61 Å². The van der Waals surface area contributed by atoms with Crippen LogP contribution in [0.1, 0.15) is 0 Å². The number of hydrogen-bond acceptors (Lipinski definition) is 4. The van der Waals surface area contributed by atoms with E-state index in [0.717, 1.165) is 0 Å². The van der Waals surface area contributed by atoms with E-state index in [2.05, 4.69) is 4.84 Å². The fourth-order valence-corrected chi connectivity index (χ4v) is 1.81. The molecule has 0 amide bonds. The number of carboxylic acids is 1. The monoisotopic (exact) mass is 285 g/mol. The van der Waals surface area contributed by atoms with Gasteiger partial charge >= 0.3 is 5.97 Å². The summed E-state index contributed by atoms with van der Waals surface area (Å²) in [5.74, 6) is -6.93. The van der Waals surface area contributed by atoms with Gasteiger partial charge in [-0.25, -0.2) is 26.4 Å². The lowest BCUT2D eigenvalue weighted by Gasteiger charge is -2.07. The second kappa shape index (κ2) is 5.33. The third kappa shape index (κ3) is 3.18. The van der Waals surface area contributed by atoms with Crippen molar-refractivity contribution in [2.45, 2.75) is 4.90 Å². The van der Waals surface area contributed by atoms with Crippen molar-refractivity contribution >= 4 is 16.0 Å². The highest BCUT2D eigenvalue weighted by atomic mass is 32.2. The Bertz CT molecular complexity index is 574. The molecule has 0 atom stereocenters. The third-order valence-electron chi connectivity index (χ3n) is 1.65. The van der Waals surface area contributed by atoms with Gasteiger partial charge in [0, 0.05) is 0 Å². The number of carboxylic acid groups (broad SMARTS) is 1. The van der Waals surface area contributed by atoms with Gasteiger partial charge in [-0.05, 0) is 12.1 Å². The summed E-state index contributed by atoms with van der Waals surface area (Å²) in [7, 11) is -4.64. The number of carbonyl (C=O) groups is 1. The zero-order valence-electron chi connectivity index (χ0n) is 8.48. The van der Waals surface area contributed by atoms with Gasteiger partial charge in [-0.2, -0.15) is 0 Å². The molecule has 1 rings (SSSR count). The SMILES string of the molecule is O=C(O)CONS(=O)(=O)c1ccc(F)c(F)c1F. The Morgan fingerprint density at radius 1 is 1.28 bits per heavy atom. The molecule has 1 aromatic carbocycles. The van der Waals surface area contributed by atoms with Crippen molar-refractivity contribution in [2.24, 2.45) is 0 Å². The molecule has 0 saturated heterocycles. The van der Waals surface area contributed by atoms with Crippen LogP contribution in [0.4, 0.5) is 13.2 Å². The molecule has 0 spiro atoms. The van der Waals surface area contributed by atoms with Crippen LogP contribution in [0.15, 0.2) is 17.0 Å². The maximum Gasteiger partial charge on any atom is 0.331 e. The quantitative estimate of drug-likeness (QED) is 0.603. The van der Waals surface area contributed by atoms with Crippen molar-refractivity contribution in [3.8, 4) is 0 Å². The van der Waals surface area contributed by atoms with Crippen molar-refractivity contribution < 1.29 is 36.3 Å². The minimum absolute atomic E-state index is 0.407. The molecule has 0 saturated carbocycles. The normalized spacial score (nSPS) is 11.5. The van der Waals surface area contributed by atoms with Crippen LogP contribution in [0.3, 0.4) is 0 Å². The number of nitrogens with one attached hydrogen (secondary N) is 1. The first-order valence-electron chi connectivity index (χ1n) is 4.24. The molecule has 0 radical (unpaired) electrons. The average molecular weight is 285 g/mol. The van der Waals surface area contributed by atoms with E-state index in [4.69, 9.17) is 5.11 Å².